The Morgan fingerprint density at radius 1 is 1.00 bits per heavy atom. The number of esters is 2. The van der Waals surface area contributed by atoms with E-state index in [1.165, 1.54) is 31.3 Å². The summed E-state index contributed by atoms with van der Waals surface area (Å²) in [5.74, 6) is -1.57. The summed E-state index contributed by atoms with van der Waals surface area (Å²) in [6.45, 7) is 0.118. The summed E-state index contributed by atoms with van der Waals surface area (Å²) in [5.41, 5.74) is 1.81. The van der Waals surface area contributed by atoms with Crippen LogP contribution in [0, 0.1) is 0 Å². The van der Waals surface area contributed by atoms with E-state index in [0.717, 1.165) is 18.4 Å². The molecule has 0 N–H and O–H groups in total. The SMILES string of the molecule is COC(=O)C1=C(C(=O)N(Cc2cccnc2)c2cc(C(=O)OC)c(Cl)cc2Cl)CCCC1. The van der Waals surface area contributed by atoms with Crippen LogP contribution >= 0.6 is 23.2 Å². The second kappa shape index (κ2) is 10.6. The minimum Gasteiger partial charge on any atom is -0.466 e. The quantitative estimate of drug-likeness (QED) is 0.559. The van der Waals surface area contributed by atoms with Gasteiger partial charge in [0.1, 0.15) is 0 Å². The molecule has 1 aliphatic carbocycles. The lowest BCUT2D eigenvalue weighted by Crippen LogP contribution is -2.34. The predicted octanol–water partition coefficient (Wildman–Crippen LogP) is 4.75. The van der Waals surface area contributed by atoms with E-state index in [1.54, 1.807) is 18.5 Å². The minimum absolute atomic E-state index is 0.0726. The lowest BCUT2D eigenvalue weighted by molar-refractivity contribution is -0.136. The highest BCUT2D eigenvalue weighted by molar-refractivity contribution is 6.38. The van der Waals surface area contributed by atoms with Gasteiger partial charge in [0.2, 0.25) is 0 Å². The number of ether oxygens (including phenoxy) is 2. The topological polar surface area (TPSA) is 85.8 Å². The van der Waals surface area contributed by atoms with Crippen LogP contribution in [0.25, 0.3) is 0 Å². The maximum absolute atomic E-state index is 13.8. The maximum atomic E-state index is 13.8. The number of nitrogens with zero attached hydrogens (tertiary/aromatic N) is 2. The van der Waals surface area contributed by atoms with Crippen LogP contribution in [0.2, 0.25) is 10.0 Å². The molecule has 1 heterocycles. The van der Waals surface area contributed by atoms with E-state index in [9.17, 15) is 14.4 Å². The number of benzene rings is 1. The van der Waals surface area contributed by atoms with E-state index < -0.39 is 17.8 Å². The Kier molecular flexibility index (Phi) is 7.88. The fraction of sp³-hybridized carbons (Fsp3) is 0.304. The largest absolute Gasteiger partial charge is 0.466 e. The number of amides is 1. The molecule has 0 unspecified atom stereocenters. The number of hydrogen-bond acceptors (Lipinski definition) is 6. The molecular formula is C23H22Cl2N2O5. The molecule has 0 fully saturated rings. The van der Waals surface area contributed by atoms with Crippen LogP contribution in [-0.4, -0.2) is 37.0 Å². The average Bonchev–Trinajstić information content (AvgIpc) is 2.82. The van der Waals surface area contributed by atoms with Crippen LogP contribution in [-0.2, 0) is 25.6 Å². The van der Waals surface area contributed by atoms with Crippen molar-refractivity contribution in [3.8, 4) is 0 Å². The monoisotopic (exact) mass is 476 g/mol. The van der Waals surface area contributed by atoms with Crippen LogP contribution in [0.1, 0.15) is 41.6 Å². The molecule has 168 valence electrons. The van der Waals surface area contributed by atoms with E-state index >= 15 is 0 Å². The summed E-state index contributed by atoms with van der Waals surface area (Å²) in [4.78, 5) is 43.8. The van der Waals surface area contributed by atoms with Gasteiger partial charge in [-0.3, -0.25) is 9.78 Å². The molecule has 0 bridgehead atoms. The van der Waals surface area contributed by atoms with Crippen molar-refractivity contribution in [2.45, 2.75) is 32.2 Å². The van der Waals surface area contributed by atoms with Gasteiger partial charge in [-0.15, -0.1) is 0 Å². The van der Waals surface area contributed by atoms with Crippen LogP contribution in [0.5, 0.6) is 0 Å². The van der Waals surface area contributed by atoms with Gasteiger partial charge >= 0.3 is 11.9 Å². The maximum Gasteiger partial charge on any atom is 0.339 e. The van der Waals surface area contributed by atoms with Crippen molar-refractivity contribution in [3.63, 3.8) is 0 Å². The summed E-state index contributed by atoms with van der Waals surface area (Å²) >= 11 is 12.6. The molecule has 0 saturated heterocycles. The van der Waals surface area contributed by atoms with Crippen molar-refractivity contribution >= 4 is 46.7 Å². The number of halogens is 2. The van der Waals surface area contributed by atoms with Crippen molar-refractivity contribution in [2.24, 2.45) is 0 Å². The molecule has 1 amide bonds. The third-order valence-corrected chi connectivity index (χ3v) is 5.81. The summed E-state index contributed by atoms with van der Waals surface area (Å²) in [7, 11) is 2.53. The molecule has 9 heteroatoms. The van der Waals surface area contributed by atoms with Gasteiger partial charge in [0, 0.05) is 23.5 Å². The number of carbonyl (C=O) groups excluding carboxylic acids is 3. The summed E-state index contributed by atoms with van der Waals surface area (Å²) in [6.07, 6.45) is 5.70. The van der Waals surface area contributed by atoms with E-state index in [2.05, 4.69) is 4.98 Å². The Bertz CT molecular complexity index is 1070. The van der Waals surface area contributed by atoms with Crippen molar-refractivity contribution in [3.05, 3.63) is 69.0 Å². The zero-order valence-corrected chi connectivity index (χ0v) is 19.2. The first-order valence-electron chi connectivity index (χ1n) is 9.95. The van der Waals surface area contributed by atoms with Gasteiger partial charge in [-0.2, -0.15) is 0 Å². The van der Waals surface area contributed by atoms with Gasteiger partial charge in [0.05, 0.1) is 42.1 Å². The van der Waals surface area contributed by atoms with Gasteiger partial charge in [-0.25, -0.2) is 9.59 Å². The lowest BCUT2D eigenvalue weighted by Gasteiger charge is -2.28. The fourth-order valence-corrected chi connectivity index (χ4v) is 4.17. The molecule has 0 spiro atoms. The van der Waals surface area contributed by atoms with E-state index in [4.69, 9.17) is 32.7 Å². The molecule has 1 aromatic heterocycles. The zero-order chi connectivity index (χ0) is 23.3. The Morgan fingerprint density at radius 2 is 1.69 bits per heavy atom. The number of rotatable bonds is 6. The highest BCUT2D eigenvalue weighted by Crippen LogP contribution is 2.36. The third-order valence-electron chi connectivity index (χ3n) is 5.20. The molecule has 1 aromatic carbocycles. The molecule has 1 aliphatic rings. The molecule has 0 aliphatic heterocycles. The van der Waals surface area contributed by atoms with E-state index in [1.807, 2.05) is 6.07 Å². The molecule has 3 rings (SSSR count). The standard InChI is InChI=1S/C23H22Cl2N2O5/c1-31-22(29)16-8-4-3-7-15(16)21(28)27(13-14-6-5-9-26-12-14)20-10-17(23(30)32-2)18(24)11-19(20)25/h5-6,9-12H,3-4,7-8,13H2,1-2H3. The Morgan fingerprint density at radius 3 is 2.31 bits per heavy atom. The smallest absolute Gasteiger partial charge is 0.339 e. The molecular weight excluding hydrogens is 455 g/mol. The average molecular weight is 477 g/mol. The molecule has 7 nitrogen and oxygen atoms in total. The van der Waals surface area contributed by atoms with Crippen LogP contribution in [0.4, 0.5) is 5.69 Å². The van der Waals surface area contributed by atoms with Crippen molar-refractivity contribution < 1.29 is 23.9 Å². The number of methoxy groups -OCH3 is 2. The first-order chi connectivity index (χ1) is 15.4. The van der Waals surface area contributed by atoms with Gasteiger partial charge in [0.15, 0.2) is 0 Å². The van der Waals surface area contributed by atoms with Crippen molar-refractivity contribution in [1.29, 1.82) is 0 Å². The summed E-state index contributed by atoms with van der Waals surface area (Å²) in [5, 5.41) is 0.280. The van der Waals surface area contributed by atoms with Crippen molar-refractivity contribution in [1.82, 2.24) is 4.98 Å². The predicted molar refractivity (Wildman–Crippen MR) is 121 cm³/mol. The van der Waals surface area contributed by atoms with Gasteiger partial charge in [-0.05, 0) is 49.4 Å². The second-order valence-corrected chi connectivity index (χ2v) is 8.00. The van der Waals surface area contributed by atoms with E-state index in [-0.39, 0.29) is 27.8 Å². The third kappa shape index (κ3) is 5.11. The second-order valence-electron chi connectivity index (χ2n) is 7.18. The highest BCUT2D eigenvalue weighted by atomic mass is 35.5. The molecule has 2 aromatic rings. The fourth-order valence-electron chi connectivity index (χ4n) is 3.60. The molecule has 0 atom stereocenters. The molecule has 32 heavy (non-hydrogen) atoms. The minimum atomic E-state index is -0.658. The number of anilines is 1. The number of carbonyl (C=O) groups is 3. The summed E-state index contributed by atoms with van der Waals surface area (Å²) < 4.78 is 9.70. The lowest BCUT2D eigenvalue weighted by atomic mass is 9.90. The Hall–Kier alpha value is -2.90. The van der Waals surface area contributed by atoms with Gasteiger partial charge < -0.3 is 14.4 Å². The first kappa shape index (κ1) is 23.8. The normalized spacial score (nSPS) is 13.5. The molecule has 0 radical (unpaired) electrons. The molecule has 0 saturated carbocycles. The number of aromatic nitrogens is 1. The number of hydrogen-bond donors (Lipinski definition) is 0. The van der Waals surface area contributed by atoms with Gasteiger partial charge in [-0.1, -0.05) is 29.3 Å². The number of pyridine rings is 1. The Balaban J connectivity index is 2.15. The van der Waals surface area contributed by atoms with Gasteiger partial charge in [0.25, 0.3) is 5.91 Å². The van der Waals surface area contributed by atoms with Crippen LogP contribution in [0.15, 0.2) is 47.8 Å². The first-order valence-corrected chi connectivity index (χ1v) is 10.7. The Labute approximate surface area is 195 Å². The summed E-state index contributed by atoms with van der Waals surface area (Å²) in [6, 6.07) is 6.38. The highest BCUT2D eigenvalue weighted by Gasteiger charge is 2.30. The van der Waals surface area contributed by atoms with E-state index in [0.29, 0.717) is 24.0 Å². The van der Waals surface area contributed by atoms with Crippen molar-refractivity contribution in [2.75, 3.05) is 19.1 Å². The zero-order valence-electron chi connectivity index (χ0n) is 17.7. The van der Waals surface area contributed by atoms with Crippen LogP contribution < -0.4 is 4.90 Å². The van der Waals surface area contributed by atoms with Crippen LogP contribution in [0.3, 0.4) is 0 Å².